The van der Waals surface area contributed by atoms with Gasteiger partial charge >= 0.3 is 11.9 Å². The molecule has 0 radical (unpaired) electrons. The van der Waals surface area contributed by atoms with E-state index < -0.39 is 24.0 Å². The van der Waals surface area contributed by atoms with Gasteiger partial charge in [0.05, 0.1) is 18.0 Å². The molecule has 1 aromatic carbocycles. The van der Waals surface area contributed by atoms with Crippen LogP contribution in [0.1, 0.15) is 48.2 Å². The molecule has 0 fully saturated rings. The Bertz CT molecular complexity index is 788. The monoisotopic (exact) mass is 363 g/mol. The third-order valence-electron chi connectivity index (χ3n) is 5.23. The molecule has 140 valence electrons. The zero-order chi connectivity index (χ0) is 19.2. The van der Waals surface area contributed by atoms with Crippen molar-refractivity contribution in [1.29, 1.82) is 0 Å². The van der Waals surface area contributed by atoms with Gasteiger partial charge in [-0.05, 0) is 26.3 Å². The molecule has 8 heteroatoms. The zero-order valence-electron chi connectivity index (χ0n) is 14.6. The number of ether oxygens (including phenoxy) is 1. The molecule has 2 unspecified atom stereocenters. The number of phenols is 1. The molecule has 3 atom stereocenters. The SMILES string of the molecule is CC(CCC(=O)O)N1Cc2c(cc3c(c2O)CC([C@@H](C)C(=O)O)O3)C1=O. The number of carboxylic acids is 2. The standard InChI is InChI=1S/C18H21NO7/c1-8(3-4-15(20)21)19-7-12-10(17(19)23)5-14-11(16(12)22)6-13(26-14)9(2)18(24)25/h5,8-9,13,22H,3-4,6-7H2,1-2H3,(H,20,21)(H,24,25)/t8?,9-,13?/m1/s1. The minimum Gasteiger partial charge on any atom is -0.507 e. The minimum atomic E-state index is -0.982. The van der Waals surface area contributed by atoms with Crippen LogP contribution in [0.4, 0.5) is 0 Å². The summed E-state index contributed by atoms with van der Waals surface area (Å²) in [6, 6.07) is 1.28. The van der Waals surface area contributed by atoms with E-state index in [-0.39, 0.29) is 37.1 Å². The average molecular weight is 363 g/mol. The van der Waals surface area contributed by atoms with E-state index in [2.05, 4.69) is 0 Å². The van der Waals surface area contributed by atoms with Gasteiger partial charge < -0.3 is 25.0 Å². The van der Waals surface area contributed by atoms with Crippen molar-refractivity contribution in [2.75, 3.05) is 0 Å². The van der Waals surface area contributed by atoms with Crippen LogP contribution < -0.4 is 4.74 Å². The van der Waals surface area contributed by atoms with Gasteiger partial charge in [0, 0.05) is 30.0 Å². The number of rotatable bonds is 6. The minimum absolute atomic E-state index is 0.0288. The van der Waals surface area contributed by atoms with Crippen molar-refractivity contribution < 1.29 is 34.4 Å². The third-order valence-corrected chi connectivity index (χ3v) is 5.23. The molecule has 1 aromatic rings. The normalized spacial score (nSPS) is 20.3. The maximum absolute atomic E-state index is 12.7. The van der Waals surface area contributed by atoms with Crippen molar-refractivity contribution >= 4 is 17.8 Å². The number of amides is 1. The number of carbonyl (C=O) groups excluding carboxylic acids is 1. The Morgan fingerprint density at radius 1 is 1.31 bits per heavy atom. The largest absolute Gasteiger partial charge is 0.507 e. The summed E-state index contributed by atoms with van der Waals surface area (Å²) in [5.41, 5.74) is 1.34. The van der Waals surface area contributed by atoms with Gasteiger partial charge in [-0.25, -0.2) is 0 Å². The summed E-state index contributed by atoms with van der Waals surface area (Å²) < 4.78 is 5.67. The maximum atomic E-state index is 12.7. The summed E-state index contributed by atoms with van der Waals surface area (Å²) in [6.45, 7) is 3.52. The molecule has 0 saturated heterocycles. The third kappa shape index (κ3) is 2.95. The van der Waals surface area contributed by atoms with Crippen LogP contribution in [0.3, 0.4) is 0 Å². The zero-order valence-corrected chi connectivity index (χ0v) is 14.6. The lowest BCUT2D eigenvalue weighted by Gasteiger charge is -2.23. The van der Waals surface area contributed by atoms with Crippen LogP contribution in [0.15, 0.2) is 6.07 Å². The summed E-state index contributed by atoms with van der Waals surface area (Å²) in [7, 11) is 0. The van der Waals surface area contributed by atoms with E-state index >= 15 is 0 Å². The van der Waals surface area contributed by atoms with Crippen LogP contribution in [0.25, 0.3) is 0 Å². The lowest BCUT2D eigenvalue weighted by Crippen LogP contribution is -2.33. The van der Waals surface area contributed by atoms with Crippen LogP contribution in [-0.2, 0) is 22.6 Å². The Labute approximate surface area is 150 Å². The molecule has 0 saturated carbocycles. The van der Waals surface area contributed by atoms with E-state index in [0.29, 0.717) is 28.9 Å². The van der Waals surface area contributed by atoms with Crippen molar-refractivity contribution in [3.63, 3.8) is 0 Å². The fraction of sp³-hybridized carbons (Fsp3) is 0.500. The Kier molecular flexibility index (Phi) is 4.52. The first-order valence-corrected chi connectivity index (χ1v) is 8.50. The van der Waals surface area contributed by atoms with Gasteiger partial charge in [-0.1, -0.05) is 0 Å². The number of carbonyl (C=O) groups is 3. The number of aliphatic carboxylic acids is 2. The van der Waals surface area contributed by atoms with Gasteiger partial charge in [0.2, 0.25) is 0 Å². The van der Waals surface area contributed by atoms with E-state index in [4.69, 9.17) is 14.9 Å². The van der Waals surface area contributed by atoms with Crippen LogP contribution in [-0.4, -0.2) is 50.2 Å². The van der Waals surface area contributed by atoms with E-state index in [1.807, 2.05) is 0 Å². The van der Waals surface area contributed by atoms with Crippen LogP contribution in [0.5, 0.6) is 11.5 Å². The van der Waals surface area contributed by atoms with Crippen molar-refractivity contribution in [1.82, 2.24) is 4.90 Å². The quantitative estimate of drug-likeness (QED) is 0.701. The summed E-state index contributed by atoms with van der Waals surface area (Å²) >= 11 is 0. The number of fused-ring (bicyclic) bond motifs is 2. The lowest BCUT2D eigenvalue weighted by atomic mass is 9.97. The fourth-order valence-electron chi connectivity index (χ4n) is 3.47. The van der Waals surface area contributed by atoms with Crippen molar-refractivity contribution in [2.24, 2.45) is 5.92 Å². The summed E-state index contributed by atoms with van der Waals surface area (Å²) in [5, 5.41) is 28.6. The van der Waals surface area contributed by atoms with Gasteiger partial charge in [-0.3, -0.25) is 14.4 Å². The van der Waals surface area contributed by atoms with Crippen molar-refractivity contribution in [3.8, 4) is 11.5 Å². The molecule has 0 spiro atoms. The second kappa shape index (κ2) is 6.51. The van der Waals surface area contributed by atoms with Crippen molar-refractivity contribution in [3.05, 3.63) is 22.8 Å². The predicted octanol–water partition coefficient (Wildman–Crippen LogP) is 1.63. The molecule has 3 N–H and O–H groups in total. The molecular formula is C18H21NO7. The summed E-state index contributed by atoms with van der Waals surface area (Å²) in [5.74, 6) is -2.61. The Balaban J connectivity index is 1.83. The molecule has 0 bridgehead atoms. The molecule has 8 nitrogen and oxygen atoms in total. The highest BCUT2D eigenvalue weighted by Crippen LogP contribution is 2.44. The Morgan fingerprint density at radius 2 is 2.00 bits per heavy atom. The molecule has 2 aliphatic rings. The highest BCUT2D eigenvalue weighted by Gasteiger charge is 2.39. The lowest BCUT2D eigenvalue weighted by molar-refractivity contribution is -0.144. The molecule has 26 heavy (non-hydrogen) atoms. The van der Waals surface area contributed by atoms with Gasteiger partial charge in [-0.15, -0.1) is 0 Å². The van der Waals surface area contributed by atoms with Gasteiger partial charge in [0.15, 0.2) is 0 Å². The van der Waals surface area contributed by atoms with E-state index in [1.165, 1.54) is 0 Å². The molecule has 1 amide bonds. The number of aromatic hydroxyl groups is 1. The Hall–Kier alpha value is -2.77. The van der Waals surface area contributed by atoms with Crippen LogP contribution >= 0.6 is 0 Å². The molecule has 2 aliphatic heterocycles. The van der Waals surface area contributed by atoms with E-state index in [9.17, 15) is 19.5 Å². The number of benzene rings is 1. The van der Waals surface area contributed by atoms with Gasteiger partial charge in [0.25, 0.3) is 5.91 Å². The smallest absolute Gasteiger partial charge is 0.309 e. The predicted molar refractivity (Wildman–Crippen MR) is 89.2 cm³/mol. The van der Waals surface area contributed by atoms with Crippen molar-refractivity contribution in [2.45, 2.75) is 51.8 Å². The van der Waals surface area contributed by atoms with Crippen LogP contribution in [0.2, 0.25) is 0 Å². The number of hydrogen-bond acceptors (Lipinski definition) is 5. The number of nitrogens with zero attached hydrogens (tertiary/aromatic N) is 1. The summed E-state index contributed by atoms with van der Waals surface area (Å²) in [6.07, 6.45) is -0.0343. The Morgan fingerprint density at radius 3 is 2.62 bits per heavy atom. The molecule has 0 aliphatic carbocycles. The molecule has 0 aromatic heterocycles. The number of phenolic OH excluding ortho intramolecular Hbond substituents is 1. The first kappa shape index (κ1) is 18.0. The second-order valence-corrected chi connectivity index (χ2v) is 6.93. The number of carboxylic acid groups (broad SMARTS) is 2. The maximum Gasteiger partial charge on any atom is 0.309 e. The first-order valence-electron chi connectivity index (χ1n) is 8.50. The topological polar surface area (TPSA) is 124 Å². The average Bonchev–Trinajstić information content (AvgIpc) is 3.15. The van der Waals surface area contributed by atoms with Gasteiger partial charge in [0.1, 0.15) is 17.6 Å². The molecule has 2 heterocycles. The highest BCUT2D eigenvalue weighted by atomic mass is 16.5. The molecule has 3 rings (SSSR count). The highest BCUT2D eigenvalue weighted by molar-refractivity contribution is 6.00. The van der Waals surface area contributed by atoms with E-state index in [1.54, 1.807) is 24.8 Å². The van der Waals surface area contributed by atoms with Crippen LogP contribution in [0, 0.1) is 5.92 Å². The van der Waals surface area contributed by atoms with E-state index in [0.717, 1.165) is 0 Å². The fourth-order valence-corrected chi connectivity index (χ4v) is 3.47. The molecular weight excluding hydrogens is 342 g/mol. The van der Waals surface area contributed by atoms with Gasteiger partial charge in [-0.2, -0.15) is 0 Å². The second-order valence-electron chi connectivity index (χ2n) is 6.93. The summed E-state index contributed by atoms with van der Waals surface area (Å²) in [4.78, 5) is 36.1. The first-order chi connectivity index (χ1) is 12.2. The number of hydrogen-bond donors (Lipinski definition) is 3.